The topological polar surface area (TPSA) is 178 Å². The highest BCUT2D eigenvalue weighted by Crippen LogP contribution is 2.23. The fraction of sp³-hybridized carbons (Fsp3) is 0.962. The molecule has 1 aliphatic heterocycles. The van der Waals surface area contributed by atoms with Crippen molar-refractivity contribution in [1.82, 2.24) is 10.6 Å². The lowest BCUT2D eigenvalue weighted by molar-refractivity contribution is -0.297. The number of aliphatic hydroxyl groups excluding tert-OH is 5. The summed E-state index contributed by atoms with van der Waals surface area (Å²) in [7, 11) is 0. The molecule has 0 aromatic rings. The number of ether oxygens (including phenoxy) is 2. The molecule has 0 bridgehead atoms. The Morgan fingerprint density at radius 1 is 0.524 bits per heavy atom. The van der Waals surface area contributed by atoms with E-state index in [1.165, 1.54) is 180 Å². The maximum Gasteiger partial charge on any atom is 0.220 e. The smallest absolute Gasteiger partial charge is 0.220 e. The van der Waals surface area contributed by atoms with Gasteiger partial charge in [-0.3, -0.25) is 9.59 Å². The van der Waals surface area contributed by atoms with Gasteiger partial charge in [0.15, 0.2) is 6.29 Å². The Bertz CT molecular complexity index is 1040. The van der Waals surface area contributed by atoms with Crippen LogP contribution in [-0.4, -0.2) is 99.5 Å². The van der Waals surface area contributed by atoms with Gasteiger partial charge in [0.1, 0.15) is 30.5 Å². The maximum atomic E-state index is 13.1. The van der Waals surface area contributed by atoms with Gasteiger partial charge in [-0.1, -0.05) is 232 Å². The van der Waals surface area contributed by atoms with Crippen LogP contribution >= 0.6 is 0 Å². The van der Waals surface area contributed by atoms with E-state index in [9.17, 15) is 35.1 Å². The molecule has 63 heavy (non-hydrogen) atoms. The van der Waals surface area contributed by atoms with Crippen molar-refractivity contribution in [3.63, 3.8) is 0 Å². The highest BCUT2D eigenvalue weighted by molar-refractivity contribution is 5.76. The zero-order valence-electron chi connectivity index (χ0n) is 41.1. The monoisotopic (exact) mass is 899 g/mol. The van der Waals surface area contributed by atoms with E-state index in [4.69, 9.17) is 9.47 Å². The Hall–Kier alpha value is -1.34. The lowest BCUT2D eigenvalue weighted by atomic mass is 9.98. The van der Waals surface area contributed by atoms with Crippen LogP contribution in [0.3, 0.4) is 0 Å². The van der Waals surface area contributed by atoms with Crippen molar-refractivity contribution >= 4 is 11.8 Å². The lowest BCUT2D eigenvalue weighted by Crippen LogP contribution is -2.61. The van der Waals surface area contributed by atoms with Crippen LogP contribution < -0.4 is 10.6 Å². The number of rotatable bonds is 45. The Kier molecular flexibility index (Phi) is 39.8. The van der Waals surface area contributed by atoms with Crippen molar-refractivity contribution in [3.05, 3.63) is 0 Å². The number of amides is 2. The van der Waals surface area contributed by atoms with Gasteiger partial charge < -0.3 is 45.6 Å². The molecule has 0 saturated carbocycles. The van der Waals surface area contributed by atoms with Crippen molar-refractivity contribution in [2.45, 2.75) is 307 Å². The van der Waals surface area contributed by atoms with Gasteiger partial charge in [0.05, 0.1) is 18.8 Å². The van der Waals surface area contributed by atoms with Crippen molar-refractivity contribution in [1.29, 1.82) is 0 Å². The SMILES string of the molecule is CCCCCCCCCCCCCCCCCCCCCCCCCC(=O)N[C@@H](CO[C@H]1O[C@H](CNC(C)=O)[C@H](O)[C@H](O)[C@H]1O)[C@H](O)[C@H](O)CCCCCCCCCCCCCC. The van der Waals surface area contributed by atoms with E-state index in [1.807, 2.05) is 0 Å². The van der Waals surface area contributed by atoms with E-state index in [1.54, 1.807) is 0 Å². The summed E-state index contributed by atoms with van der Waals surface area (Å²) >= 11 is 0. The largest absolute Gasteiger partial charge is 0.390 e. The number of nitrogens with one attached hydrogen (secondary N) is 2. The molecule has 1 aliphatic rings. The molecule has 0 radical (unpaired) electrons. The average Bonchev–Trinajstić information content (AvgIpc) is 3.27. The molecule has 0 aromatic heterocycles. The fourth-order valence-electron chi connectivity index (χ4n) is 8.87. The first-order valence-corrected chi connectivity index (χ1v) is 26.8. The van der Waals surface area contributed by atoms with Crippen molar-refractivity contribution in [3.8, 4) is 0 Å². The summed E-state index contributed by atoms with van der Waals surface area (Å²) in [5, 5.41) is 59.2. The highest BCUT2D eigenvalue weighted by atomic mass is 16.7. The Morgan fingerprint density at radius 2 is 0.889 bits per heavy atom. The predicted molar refractivity (Wildman–Crippen MR) is 257 cm³/mol. The zero-order valence-corrected chi connectivity index (χ0v) is 41.1. The van der Waals surface area contributed by atoms with Gasteiger partial charge in [-0.25, -0.2) is 0 Å². The van der Waals surface area contributed by atoms with Crippen LogP contribution in [0.5, 0.6) is 0 Å². The summed E-state index contributed by atoms with van der Waals surface area (Å²) in [5.74, 6) is -0.606. The lowest BCUT2D eigenvalue weighted by Gasteiger charge is -2.41. The summed E-state index contributed by atoms with van der Waals surface area (Å²) in [6.07, 6.45) is 35.4. The summed E-state index contributed by atoms with van der Waals surface area (Å²) in [4.78, 5) is 24.6. The van der Waals surface area contributed by atoms with Gasteiger partial charge >= 0.3 is 0 Å². The Morgan fingerprint density at radius 3 is 1.27 bits per heavy atom. The molecular formula is C52H102N2O9. The Balaban J connectivity index is 2.35. The number of carbonyl (C=O) groups excluding carboxylic acids is 2. The number of hydrogen-bond donors (Lipinski definition) is 7. The molecule has 0 aliphatic carbocycles. The quantitative estimate of drug-likeness (QED) is 0.0293. The van der Waals surface area contributed by atoms with E-state index in [2.05, 4.69) is 24.5 Å². The van der Waals surface area contributed by atoms with E-state index in [-0.39, 0.29) is 31.4 Å². The first kappa shape index (κ1) is 59.7. The van der Waals surface area contributed by atoms with Crippen LogP contribution in [0.25, 0.3) is 0 Å². The molecule has 1 heterocycles. The van der Waals surface area contributed by atoms with Crippen LogP contribution in [0.2, 0.25) is 0 Å². The van der Waals surface area contributed by atoms with Gasteiger partial charge in [-0.2, -0.15) is 0 Å². The summed E-state index contributed by atoms with van der Waals surface area (Å²) in [6.45, 7) is 5.42. The second-order valence-corrected chi connectivity index (χ2v) is 19.2. The first-order chi connectivity index (χ1) is 30.6. The molecule has 0 spiro atoms. The summed E-state index contributed by atoms with van der Waals surface area (Å²) < 4.78 is 11.5. The summed E-state index contributed by atoms with van der Waals surface area (Å²) in [6, 6.07) is -0.997. The van der Waals surface area contributed by atoms with Gasteiger partial charge in [-0.05, 0) is 12.8 Å². The van der Waals surface area contributed by atoms with Gasteiger partial charge in [0, 0.05) is 19.9 Å². The molecule has 8 atom stereocenters. The molecule has 1 rings (SSSR count). The number of unbranched alkanes of at least 4 members (excludes halogenated alkanes) is 33. The molecule has 7 N–H and O–H groups in total. The van der Waals surface area contributed by atoms with Crippen LogP contribution in [0.4, 0.5) is 0 Å². The van der Waals surface area contributed by atoms with Gasteiger partial charge in [0.25, 0.3) is 0 Å². The van der Waals surface area contributed by atoms with E-state index < -0.39 is 49.0 Å². The number of aliphatic hydroxyl groups is 5. The standard InChI is InChI=1S/C52H102N2O9/c1-4-6-8-10-12-14-16-18-19-20-21-22-23-24-25-26-27-28-30-32-34-36-38-40-47(57)54-44(42-62-52-51(61)50(60)49(59)46(63-52)41-53-43(3)55)48(58)45(56)39-37-35-33-31-29-17-15-13-11-9-7-5-2/h44-46,48-52,56,58-61H,4-42H2,1-3H3,(H,53,55)(H,54,57)/t44-,45+,46+,48-,49-,50-,51+,52-/m0/s1. The third-order valence-corrected chi connectivity index (χ3v) is 13.2. The molecule has 11 nitrogen and oxygen atoms in total. The molecule has 0 aromatic carbocycles. The fourth-order valence-corrected chi connectivity index (χ4v) is 8.87. The predicted octanol–water partition coefficient (Wildman–Crippen LogP) is 10.6. The third-order valence-electron chi connectivity index (χ3n) is 13.2. The molecular weight excluding hydrogens is 797 g/mol. The molecule has 0 unspecified atom stereocenters. The maximum absolute atomic E-state index is 13.1. The molecule has 374 valence electrons. The van der Waals surface area contributed by atoms with E-state index in [0.717, 1.165) is 51.4 Å². The molecule has 11 heteroatoms. The van der Waals surface area contributed by atoms with Crippen molar-refractivity contribution in [2.75, 3.05) is 13.2 Å². The highest BCUT2D eigenvalue weighted by Gasteiger charge is 2.45. The van der Waals surface area contributed by atoms with Gasteiger partial charge in [0.2, 0.25) is 11.8 Å². The average molecular weight is 899 g/mol. The molecule has 1 saturated heterocycles. The van der Waals surface area contributed by atoms with E-state index in [0.29, 0.717) is 6.42 Å². The van der Waals surface area contributed by atoms with Crippen LogP contribution in [0.15, 0.2) is 0 Å². The second kappa shape index (κ2) is 42.0. The van der Waals surface area contributed by atoms with E-state index >= 15 is 0 Å². The normalized spacial score (nSPS) is 20.4. The molecule has 1 fully saturated rings. The number of hydrogen-bond acceptors (Lipinski definition) is 9. The second-order valence-electron chi connectivity index (χ2n) is 19.2. The Labute approximate surface area is 386 Å². The van der Waals surface area contributed by atoms with Crippen LogP contribution in [0, 0.1) is 0 Å². The van der Waals surface area contributed by atoms with Crippen LogP contribution in [-0.2, 0) is 19.1 Å². The summed E-state index contributed by atoms with van der Waals surface area (Å²) in [5.41, 5.74) is 0. The molecule has 2 amide bonds. The van der Waals surface area contributed by atoms with Gasteiger partial charge in [-0.15, -0.1) is 0 Å². The first-order valence-electron chi connectivity index (χ1n) is 26.8. The van der Waals surface area contributed by atoms with Crippen molar-refractivity contribution in [2.24, 2.45) is 0 Å². The minimum atomic E-state index is -1.61. The number of carbonyl (C=O) groups is 2. The minimum absolute atomic E-state index is 0.111. The zero-order chi connectivity index (χ0) is 46.2. The third kappa shape index (κ3) is 32.9. The minimum Gasteiger partial charge on any atom is -0.390 e. The van der Waals surface area contributed by atoms with Crippen molar-refractivity contribution < 1.29 is 44.6 Å². The van der Waals surface area contributed by atoms with Crippen LogP contribution in [0.1, 0.15) is 258 Å².